The Kier molecular flexibility index (Phi) is 9.27. The molecule has 0 heterocycles. The van der Waals surface area contributed by atoms with E-state index in [2.05, 4.69) is 0 Å². The molecular formula is C12H27O3Si2. The molecule has 5 heteroatoms. The van der Waals surface area contributed by atoms with E-state index in [0.29, 0.717) is 13.2 Å². The molecule has 0 bridgehead atoms. The molecule has 1 fully saturated rings. The summed E-state index contributed by atoms with van der Waals surface area (Å²) in [7, 11) is -1.87. The monoisotopic (exact) mass is 275 g/mol. The highest BCUT2D eigenvalue weighted by Crippen LogP contribution is 2.26. The van der Waals surface area contributed by atoms with Crippen molar-refractivity contribution in [2.24, 2.45) is 0 Å². The van der Waals surface area contributed by atoms with Crippen LogP contribution in [0.5, 0.6) is 0 Å². The molecule has 1 rings (SSSR count). The lowest BCUT2D eigenvalue weighted by atomic mass is 10.0. The zero-order valence-electron chi connectivity index (χ0n) is 11.4. The van der Waals surface area contributed by atoms with Crippen LogP contribution in [0, 0.1) is 0 Å². The smallest absolute Gasteiger partial charge is 0.419 e. The Labute approximate surface area is 110 Å². The molecule has 1 radical (unpaired) electrons. The van der Waals surface area contributed by atoms with Gasteiger partial charge in [0.1, 0.15) is 0 Å². The Balaban J connectivity index is 2.20. The summed E-state index contributed by atoms with van der Waals surface area (Å²) in [6, 6.07) is 0. The second-order valence-electron chi connectivity index (χ2n) is 4.64. The lowest BCUT2D eigenvalue weighted by Crippen LogP contribution is -2.30. The Hall–Kier alpha value is 0.314. The lowest BCUT2D eigenvalue weighted by Gasteiger charge is -2.21. The Morgan fingerprint density at radius 2 is 1.47 bits per heavy atom. The van der Waals surface area contributed by atoms with E-state index in [4.69, 9.17) is 13.0 Å². The van der Waals surface area contributed by atoms with Crippen molar-refractivity contribution in [1.29, 1.82) is 0 Å². The minimum absolute atomic E-state index is 0.465. The summed E-state index contributed by atoms with van der Waals surface area (Å²) >= 11 is 0. The molecule has 1 saturated carbocycles. The van der Waals surface area contributed by atoms with Gasteiger partial charge in [0.15, 0.2) is 9.76 Å². The fourth-order valence-corrected chi connectivity index (χ4v) is 5.87. The van der Waals surface area contributed by atoms with Crippen molar-refractivity contribution < 1.29 is 13.0 Å². The van der Waals surface area contributed by atoms with Crippen LogP contribution in [0.4, 0.5) is 0 Å². The SMILES string of the molecule is CCO[Si](OCC)O[SiH2]C1CCCCCCC1. The molecule has 0 unspecified atom stereocenters. The predicted octanol–water partition coefficient (Wildman–Crippen LogP) is 2.68. The summed E-state index contributed by atoms with van der Waals surface area (Å²) in [5.41, 5.74) is 0.858. The summed E-state index contributed by atoms with van der Waals surface area (Å²) in [4.78, 5) is 0. The van der Waals surface area contributed by atoms with E-state index in [1.165, 1.54) is 44.9 Å². The third kappa shape index (κ3) is 7.36. The van der Waals surface area contributed by atoms with Gasteiger partial charge in [-0.25, -0.2) is 0 Å². The molecule has 0 spiro atoms. The maximum Gasteiger partial charge on any atom is 0.566 e. The normalized spacial score (nSPS) is 19.9. The molecule has 17 heavy (non-hydrogen) atoms. The highest BCUT2D eigenvalue weighted by Gasteiger charge is 2.20. The summed E-state index contributed by atoms with van der Waals surface area (Å²) in [6.07, 6.45) is 9.80. The van der Waals surface area contributed by atoms with Gasteiger partial charge in [0.05, 0.1) is 0 Å². The first kappa shape index (κ1) is 15.4. The standard InChI is InChI=1S/C12H27O3Si2/c1-3-13-17(14-4-2)15-16-12-10-8-6-5-7-9-11-12/h12H,3-11,16H2,1-2H3. The molecule has 0 aromatic heterocycles. The molecule has 0 aromatic carbocycles. The second kappa shape index (κ2) is 10.3. The van der Waals surface area contributed by atoms with Crippen LogP contribution in [-0.2, 0) is 13.0 Å². The van der Waals surface area contributed by atoms with Crippen LogP contribution in [0.15, 0.2) is 0 Å². The second-order valence-corrected chi connectivity index (χ2v) is 8.36. The molecule has 3 nitrogen and oxygen atoms in total. The number of hydrogen-bond donors (Lipinski definition) is 0. The van der Waals surface area contributed by atoms with Gasteiger partial charge in [-0.15, -0.1) is 0 Å². The highest BCUT2D eigenvalue weighted by atomic mass is 28.4. The minimum Gasteiger partial charge on any atom is -0.419 e. The van der Waals surface area contributed by atoms with Gasteiger partial charge < -0.3 is 13.0 Å². The third-order valence-electron chi connectivity index (χ3n) is 3.19. The van der Waals surface area contributed by atoms with E-state index in [1.54, 1.807) is 0 Å². The van der Waals surface area contributed by atoms with E-state index in [-0.39, 0.29) is 0 Å². The summed E-state index contributed by atoms with van der Waals surface area (Å²) in [5.74, 6) is 0. The van der Waals surface area contributed by atoms with Crippen LogP contribution >= 0.6 is 0 Å². The third-order valence-corrected chi connectivity index (χ3v) is 7.13. The molecule has 0 N–H and O–H groups in total. The quantitative estimate of drug-likeness (QED) is 0.669. The van der Waals surface area contributed by atoms with Crippen LogP contribution < -0.4 is 0 Å². The van der Waals surface area contributed by atoms with Crippen LogP contribution in [0.1, 0.15) is 58.8 Å². The first-order valence-electron chi connectivity index (χ1n) is 7.12. The molecule has 0 saturated heterocycles. The summed E-state index contributed by atoms with van der Waals surface area (Å²) in [6.45, 7) is 5.41. The molecule has 0 aliphatic heterocycles. The van der Waals surface area contributed by atoms with Crippen molar-refractivity contribution in [3.05, 3.63) is 0 Å². The van der Waals surface area contributed by atoms with Crippen LogP contribution in [0.2, 0.25) is 5.54 Å². The van der Waals surface area contributed by atoms with E-state index in [0.717, 1.165) is 5.54 Å². The average molecular weight is 276 g/mol. The fraction of sp³-hybridized carbons (Fsp3) is 1.00. The van der Waals surface area contributed by atoms with Crippen LogP contribution in [0.3, 0.4) is 0 Å². The van der Waals surface area contributed by atoms with E-state index in [9.17, 15) is 0 Å². The van der Waals surface area contributed by atoms with Crippen LogP contribution in [0.25, 0.3) is 0 Å². The molecule has 0 amide bonds. The molecule has 1 aliphatic carbocycles. The number of hydrogen-bond acceptors (Lipinski definition) is 3. The Morgan fingerprint density at radius 3 is 2.00 bits per heavy atom. The lowest BCUT2D eigenvalue weighted by molar-refractivity contribution is 0.154. The van der Waals surface area contributed by atoms with Gasteiger partial charge in [-0.05, 0) is 19.4 Å². The Bertz CT molecular complexity index is 167. The highest BCUT2D eigenvalue weighted by molar-refractivity contribution is 6.48. The largest absolute Gasteiger partial charge is 0.566 e. The van der Waals surface area contributed by atoms with Gasteiger partial charge in [0, 0.05) is 13.2 Å². The van der Waals surface area contributed by atoms with Crippen molar-refractivity contribution in [2.75, 3.05) is 13.2 Å². The number of rotatable bonds is 7. The van der Waals surface area contributed by atoms with Gasteiger partial charge in [-0.1, -0.05) is 44.9 Å². The van der Waals surface area contributed by atoms with Gasteiger partial charge in [0.25, 0.3) is 0 Å². The van der Waals surface area contributed by atoms with Crippen molar-refractivity contribution in [3.8, 4) is 0 Å². The summed E-state index contributed by atoms with van der Waals surface area (Å²) in [5, 5.41) is 0. The fourth-order valence-electron chi connectivity index (χ4n) is 2.25. The van der Waals surface area contributed by atoms with Crippen molar-refractivity contribution in [3.63, 3.8) is 0 Å². The van der Waals surface area contributed by atoms with Crippen molar-refractivity contribution >= 4 is 19.3 Å². The van der Waals surface area contributed by atoms with Gasteiger partial charge >= 0.3 is 9.53 Å². The van der Waals surface area contributed by atoms with Gasteiger partial charge in [-0.2, -0.15) is 0 Å². The zero-order valence-corrected chi connectivity index (χ0v) is 13.8. The van der Waals surface area contributed by atoms with Crippen LogP contribution in [-0.4, -0.2) is 32.5 Å². The molecule has 0 atom stereocenters. The maximum atomic E-state index is 5.96. The molecular weight excluding hydrogens is 248 g/mol. The zero-order chi connectivity index (χ0) is 12.3. The first-order chi connectivity index (χ1) is 8.36. The minimum atomic E-state index is -1.40. The maximum absolute atomic E-state index is 5.96. The molecule has 1 aliphatic rings. The van der Waals surface area contributed by atoms with E-state index >= 15 is 0 Å². The molecule has 0 aromatic rings. The van der Waals surface area contributed by atoms with Gasteiger partial charge in [0.2, 0.25) is 0 Å². The van der Waals surface area contributed by atoms with Crippen molar-refractivity contribution in [1.82, 2.24) is 0 Å². The van der Waals surface area contributed by atoms with E-state index < -0.39 is 19.3 Å². The van der Waals surface area contributed by atoms with Crippen molar-refractivity contribution in [2.45, 2.75) is 64.3 Å². The molecule has 101 valence electrons. The van der Waals surface area contributed by atoms with E-state index in [1.807, 2.05) is 13.8 Å². The average Bonchev–Trinajstić information content (AvgIpc) is 2.28. The Morgan fingerprint density at radius 1 is 0.941 bits per heavy atom. The van der Waals surface area contributed by atoms with Gasteiger partial charge in [-0.3, -0.25) is 0 Å². The summed E-state index contributed by atoms with van der Waals surface area (Å²) < 4.78 is 17.0. The first-order valence-corrected chi connectivity index (χ1v) is 9.74. The predicted molar refractivity (Wildman–Crippen MR) is 74.7 cm³/mol. The topological polar surface area (TPSA) is 27.7 Å².